The van der Waals surface area contributed by atoms with E-state index in [1.54, 1.807) is 6.07 Å². The Morgan fingerprint density at radius 3 is 2.50 bits per heavy atom. The summed E-state index contributed by atoms with van der Waals surface area (Å²) in [5, 5.41) is 9.22. The van der Waals surface area contributed by atoms with E-state index in [9.17, 15) is 19.5 Å². The molecule has 0 bridgehead atoms. The van der Waals surface area contributed by atoms with Crippen molar-refractivity contribution < 1.29 is 24.2 Å². The second-order valence-corrected chi connectivity index (χ2v) is 8.98. The molecule has 132 valence electrons. The summed E-state index contributed by atoms with van der Waals surface area (Å²) in [6, 6.07) is 1.67. The van der Waals surface area contributed by atoms with Gasteiger partial charge in [0.1, 0.15) is 11.4 Å². The fraction of sp³-hybridized carbons (Fsp3) is 0.562. The molecule has 0 aromatic carbocycles. The molecule has 0 unspecified atom stereocenters. The van der Waals surface area contributed by atoms with Crippen LogP contribution >= 0.6 is 33.9 Å². The third kappa shape index (κ3) is 4.47. The van der Waals surface area contributed by atoms with Crippen molar-refractivity contribution in [2.45, 2.75) is 32.6 Å². The lowest BCUT2D eigenvalue weighted by Crippen LogP contribution is -2.41. The van der Waals surface area contributed by atoms with Gasteiger partial charge in [0, 0.05) is 5.92 Å². The molecule has 0 radical (unpaired) electrons. The van der Waals surface area contributed by atoms with Crippen LogP contribution in [0.5, 0.6) is 0 Å². The molecule has 1 N–H and O–H groups in total. The summed E-state index contributed by atoms with van der Waals surface area (Å²) in [6.07, 6.45) is 3.43. The van der Waals surface area contributed by atoms with Crippen LogP contribution in [0.2, 0.25) is 0 Å². The SMILES string of the molecule is COC(=O)c1sc(I)cc1N(CC(=O)O)C(=O)[C@H]1CC[C@H](C)CC1. The third-order valence-corrected chi connectivity index (χ3v) is 6.13. The van der Waals surface area contributed by atoms with Crippen LogP contribution in [0.4, 0.5) is 5.69 Å². The van der Waals surface area contributed by atoms with Gasteiger partial charge in [-0.15, -0.1) is 11.3 Å². The maximum atomic E-state index is 12.9. The van der Waals surface area contributed by atoms with Gasteiger partial charge in [0.2, 0.25) is 5.91 Å². The highest BCUT2D eigenvalue weighted by atomic mass is 127. The van der Waals surface area contributed by atoms with Gasteiger partial charge in [0.25, 0.3) is 0 Å². The minimum absolute atomic E-state index is 0.191. The topological polar surface area (TPSA) is 83.9 Å². The first-order chi connectivity index (χ1) is 11.3. The number of hydrogen-bond acceptors (Lipinski definition) is 5. The van der Waals surface area contributed by atoms with Gasteiger partial charge in [0.05, 0.1) is 15.7 Å². The molecule has 1 heterocycles. The number of hydrogen-bond donors (Lipinski definition) is 1. The van der Waals surface area contributed by atoms with E-state index in [0.717, 1.165) is 28.6 Å². The molecule has 1 fully saturated rings. The summed E-state index contributed by atoms with van der Waals surface area (Å²) < 4.78 is 5.56. The highest BCUT2D eigenvalue weighted by Gasteiger charge is 2.33. The predicted molar refractivity (Wildman–Crippen MR) is 99.5 cm³/mol. The van der Waals surface area contributed by atoms with E-state index in [0.29, 0.717) is 11.6 Å². The first-order valence-electron chi connectivity index (χ1n) is 7.74. The van der Waals surface area contributed by atoms with Crippen LogP contribution in [0, 0.1) is 14.7 Å². The van der Waals surface area contributed by atoms with Gasteiger partial charge in [-0.05, 0) is 60.3 Å². The Kier molecular flexibility index (Phi) is 6.62. The molecule has 0 aliphatic heterocycles. The van der Waals surface area contributed by atoms with Crippen molar-refractivity contribution in [3.05, 3.63) is 13.8 Å². The minimum atomic E-state index is -1.11. The van der Waals surface area contributed by atoms with Gasteiger partial charge in [-0.25, -0.2) is 4.79 Å². The van der Waals surface area contributed by atoms with Crippen LogP contribution in [0.3, 0.4) is 0 Å². The number of ether oxygens (including phenoxy) is 1. The lowest BCUT2D eigenvalue weighted by atomic mass is 9.82. The van der Waals surface area contributed by atoms with E-state index >= 15 is 0 Å². The molecular weight excluding hydrogens is 445 g/mol. The number of anilines is 1. The largest absolute Gasteiger partial charge is 0.480 e. The Morgan fingerprint density at radius 1 is 1.33 bits per heavy atom. The number of thiophene rings is 1. The molecule has 6 nitrogen and oxygen atoms in total. The fourth-order valence-electron chi connectivity index (χ4n) is 2.94. The molecule has 1 saturated carbocycles. The average molecular weight is 465 g/mol. The molecule has 0 saturated heterocycles. The van der Waals surface area contributed by atoms with Crippen molar-refractivity contribution in [1.82, 2.24) is 0 Å². The van der Waals surface area contributed by atoms with Gasteiger partial charge in [-0.1, -0.05) is 6.92 Å². The average Bonchev–Trinajstić information content (AvgIpc) is 2.93. The van der Waals surface area contributed by atoms with E-state index in [-0.39, 0.29) is 16.7 Å². The van der Waals surface area contributed by atoms with Crippen molar-refractivity contribution >= 4 is 57.5 Å². The minimum Gasteiger partial charge on any atom is -0.480 e. The Hall–Kier alpha value is -1.16. The van der Waals surface area contributed by atoms with Crippen molar-refractivity contribution in [1.29, 1.82) is 0 Å². The normalized spacial score (nSPS) is 20.5. The van der Waals surface area contributed by atoms with Gasteiger partial charge >= 0.3 is 11.9 Å². The molecule has 0 atom stereocenters. The lowest BCUT2D eigenvalue weighted by Gasteiger charge is -2.30. The van der Waals surface area contributed by atoms with E-state index in [1.165, 1.54) is 23.3 Å². The summed E-state index contributed by atoms with van der Waals surface area (Å²) in [5.74, 6) is -1.48. The lowest BCUT2D eigenvalue weighted by molar-refractivity contribution is -0.137. The first kappa shape index (κ1) is 19.2. The van der Waals surface area contributed by atoms with Crippen LogP contribution in [-0.2, 0) is 14.3 Å². The van der Waals surface area contributed by atoms with Crippen LogP contribution < -0.4 is 4.90 Å². The number of aliphatic carboxylic acids is 1. The van der Waals surface area contributed by atoms with E-state index < -0.39 is 18.5 Å². The number of carbonyl (C=O) groups excluding carboxylic acids is 2. The number of rotatable bonds is 5. The summed E-state index contributed by atoms with van der Waals surface area (Å²) in [7, 11) is 1.27. The van der Waals surface area contributed by atoms with Crippen molar-refractivity contribution in [3.63, 3.8) is 0 Å². The predicted octanol–water partition coefficient (Wildman–Crippen LogP) is 3.38. The third-order valence-electron chi connectivity index (χ3n) is 4.27. The second kappa shape index (κ2) is 8.28. The Balaban J connectivity index is 2.33. The Labute approximate surface area is 158 Å². The zero-order chi connectivity index (χ0) is 17.9. The van der Waals surface area contributed by atoms with Gasteiger partial charge in [-0.3, -0.25) is 14.5 Å². The number of methoxy groups -OCH3 is 1. The molecule has 1 amide bonds. The Bertz CT molecular complexity index is 636. The van der Waals surface area contributed by atoms with Crippen molar-refractivity contribution in [3.8, 4) is 0 Å². The first-order valence-corrected chi connectivity index (χ1v) is 9.63. The number of halogens is 1. The maximum Gasteiger partial charge on any atom is 0.350 e. The summed E-state index contributed by atoms with van der Waals surface area (Å²) in [6.45, 7) is 1.70. The number of carboxylic acid groups (broad SMARTS) is 1. The molecule has 8 heteroatoms. The van der Waals surface area contributed by atoms with E-state index in [4.69, 9.17) is 4.74 Å². The van der Waals surface area contributed by atoms with Gasteiger partial charge < -0.3 is 9.84 Å². The highest BCUT2D eigenvalue weighted by Crippen LogP contribution is 2.35. The molecule has 1 aromatic heterocycles. The standard InChI is InChI=1S/C16H20INO5S/c1-9-3-5-10(6-4-9)15(21)18(8-13(19)20)11-7-12(17)24-14(11)16(22)23-2/h7,9-10H,3-6,8H2,1-2H3,(H,19,20)/t9-,10-. The van der Waals surface area contributed by atoms with Gasteiger partial charge in [-0.2, -0.15) is 0 Å². The summed E-state index contributed by atoms with van der Waals surface area (Å²) in [4.78, 5) is 37.7. The fourth-order valence-corrected chi connectivity index (χ4v) is 4.70. The monoisotopic (exact) mass is 465 g/mol. The maximum absolute atomic E-state index is 12.9. The van der Waals surface area contributed by atoms with Crippen molar-refractivity contribution in [2.75, 3.05) is 18.6 Å². The van der Waals surface area contributed by atoms with Crippen molar-refractivity contribution in [2.24, 2.45) is 11.8 Å². The molecule has 0 spiro atoms. The van der Waals surface area contributed by atoms with Crippen LogP contribution in [0.15, 0.2) is 6.07 Å². The number of amides is 1. The second-order valence-electron chi connectivity index (χ2n) is 6.03. The number of carbonyl (C=O) groups is 3. The molecule has 1 aliphatic rings. The number of nitrogens with zero attached hydrogens (tertiary/aromatic N) is 1. The van der Waals surface area contributed by atoms with E-state index in [1.807, 2.05) is 22.6 Å². The Morgan fingerprint density at radius 2 is 1.96 bits per heavy atom. The smallest absolute Gasteiger partial charge is 0.350 e. The quantitative estimate of drug-likeness (QED) is 0.533. The molecule has 1 aliphatic carbocycles. The van der Waals surface area contributed by atoms with Crippen LogP contribution in [-0.4, -0.2) is 36.6 Å². The van der Waals surface area contributed by atoms with Crippen LogP contribution in [0.1, 0.15) is 42.3 Å². The molecule has 2 rings (SSSR count). The van der Waals surface area contributed by atoms with Crippen LogP contribution in [0.25, 0.3) is 0 Å². The zero-order valence-corrected chi connectivity index (χ0v) is 16.6. The summed E-state index contributed by atoms with van der Waals surface area (Å²) >= 11 is 3.24. The molecular formula is C16H20INO5S. The number of carboxylic acids is 1. The summed E-state index contributed by atoms with van der Waals surface area (Å²) in [5.41, 5.74) is 0.335. The molecule has 24 heavy (non-hydrogen) atoms. The highest BCUT2D eigenvalue weighted by molar-refractivity contribution is 14.1. The zero-order valence-electron chi connectivity index (χ0n) is 13.6. The van der Waals surface area contributed by atoms with Gasteiger partial charge in [0.15, 0.2) is 0 Å². The molecule has 1 aromatic rings. The number of esters is 1. The van der Waals surface area contributed by atoms with E-state index in [2.05, 4.69) is 6.92 Å².